The zero-order valence-corrected chi connectivity index (χ0v) is 11.2. The van der Waals surface area contributed by atoms with Crippen LogP contribution < -0.4 is 10.2 Å². The van der Waals surface area contributed by atoms with Crippen molar-refractivity contribution in [3.8, 4) is 0 Å². The number of hydrogen-bond donors (Lipinski definition) is 2. The minimum atomic E-state index is -0.372. The van der Waals surface area contributed by atoms with Crippen molar-refractivity contribution in [3.63, 3.8) is 0 Å². The van der Waals surface area contributed by atoms with Crippen LogP contribution in [0.15, 0.2) is 30.3 Å². The molecule has 94 valence electrons. The van der Waals surface area contributed by atoms with Crippen molar-refractivity contribution in [2.75, 3.05) is 0 Å². The van der Waals surface area contributed by atoms with Crippen LogP contribution in [0.2, 0.25) is 0 Å². The average Bonchev–Trinajstić information content (AvgIpc) is 2.30. The van der Waals surface area contributed by atoms with E-state index in [2.05, 4.69) is 10.2 Å². The van der Waals surface area contributed by atoms with Gasteiger partial charge >= 0.3 is 0 Å². The summed E-state index contributed by atoms with van der Waals surface area (Å²) >= 11 is 5.58. The predicted octanol–water partition coefficient (Wildman–Crippen LogP) is 2.63. The summed E-state index contributed by atoms with van der Waals surface area (Å²) in [6.07, 6.45) is 0. The Morgan fingerprint density at radius 1 is 1.18 bits per heavy atom. The van der Waals surface area contributed by atoms with Crippen molar-refractivity contribution in [2.24, 2.45) is 5.92 Å². The summed E-state index contributed by atoms with van der Waals surface area (Å²) in [6.45, 7) is 5.86. The summed E-state index contributed by atoms with van der Waals surface area (Å²) in [5.74, 6) is 0.0711. The number of amides is 1. The SMILES string of the molecule is CC(C)[C@@H](NCl)C(=O)N[C@@H](C)c1ccccc1. The van der Waals surface area contributed by atoms with E-state index in [0.29, 0.717) is 0 Å². The fraction of sp³-hybridized carbons (Fsp3) is 0.462. The Balaban J connectivity index is 2.63. The molecule has 0 aliphatic rings. The lowest BCUT2D eigenvalue weighted by Gasteiger charge is -2.21. The van der Waals surface area contributed by atoms with E-state index in [-0.39, 0.29) is 23.9 Å². The van der Waals surface area contributed by atoms with Crippen molar-refractivity contribution in [1.29, 1.82) is 0 Å². The van der Waals surface area contributed by atoms with Crippen LogP contribution in [0.3, 0.4) is 0 Å². The molecule has 1 aromatic carbocycles. The first-order chi connectivity index (χ1) is 8.06. The fourth-order valence-electron chi connectivity index (χ4n) is 1.61. The van der Waals surface area contributed by atoms with Gasteiger partial charge in [-0.15, -0.1) is 0 Å². The molecule has 0 fully saturated rings. The highest BCUT2D eigenvalue weighted by Gasteiger charge is 2.22. The maximum Gasteiger partial charge on any atom is 0.239 e. The van der Waals surface area contributed by atoms with Crippen LogP contribution in [0.1, 0.15) is 32.4 Å². The lowest BCUT2D eigenvalue weighted by atomic mass is 10.0. The lowest BCUT2D eigenvalue weighted by Crippen LogP contribution is -2.44. The Hall–Kier alpha value is -1.06. The summed E-state index contributed by atoms with van der Waals surface area (Å²) in [6, 6.07) is 9.45. The molecule has 0 bridgehead atoms. The summed E-state index contributed by atoms with van der Waals surface area (Å²) in [5, 5.41) is 2.94. The number of hydrogen-bond acceptors (Lipinski definition) is 2. The van der Waals surface area contributed by atoms with E-state index in [1.54, 1.807) is 0 Å². The van der Waals surface area contributed by atoms with Gasteiger partial charge in [0.1, 0.15) is 6.04 Å². The Kier molecular flexibility index (Phi) is 5.45. The zero-order chi connectivity index (χ0) is 12.8. The van der Waals surface area contributed by atoms with Gasteiger partial charge in [0, 0.05) is 0 Å². The molecule has 0 aliphatic heterocycles. The van der Waals surface area contributed by atoms with Gasteiger partial charge in [-0.3, -0.25) is 4.79 Å². The largest absolute Gasteiger partial charge is 0.348 e. The molecule has 0 heterocycles. The number of benzene rings is 1. The predicted molar refractivity (Wildman–Crippen MR) is 70.6 cm³/mol. The maximum atomic E-state index is 11.9. The molecule has 17 heavy (non-hydrogen) atoms. The Labute approximate surface area is 108 Å². The molecule has 2 N–H and O–H groups in total. The van der Waals surface area contributed by atoms with Gasteiger partial charge in [-0.05, 0) is 30.2 Å². The van der Waals surface area contributed by atoms with Crippen molar-refractivity contribution in [2.45, 2.75) is 32.9 Å². The summed E-state index contributed by atoms with van der Waals surface area (Å²) in [4.78, 5) is 14.5. The van der Waals surface area contributed by atoms with Gasteiger partial charge in [-0.1, -0.05) is 44.2 Å². The van der Waals surface area contributed by atoms with Crippen LogP contribution in [-0.2, 0) is 4.79 Å². The Morgan fingerprint density at radius 2 is 1.76 bits per heavy atom. The fourth-order valence-corrected chi connectivity index (χ4v) is 1.96. The second kappa shape index (κ2) is 6.62. The van der Waals surface area contributed by atoms with Crippen molar-refractivity contribution < 1.29 is 4.79 Å². The minimum Gasteiger partial charge on any atom is -0.348 e. The third-order valence-electron chi connectivity index (χ3n) is 2.73. The number of nitrogens with one attached hydrogen (secondary N) is 2. The van der Waals surface area contributed by atoms with E-state index in [1.807, 2.05) is 51.1 Å². The lowest BCUT2D eigenvalue weighted by molar-refractivity contribution is -0.124. The molecule has 4 heteroatoms. The molecule has 0 aliphatic carbocycles. The van der Waals surface area contributed by atoms with E-state index >= 15 is 0 Å². The summed E-state index contributed by atoms with van der Waals surface area (Å²) in [7, 11) is 0. The average molecular weight is 255 g/mol. The zero-order valence-electron chi connectivity index (χ0n) is 10.4. The third-order valence-corrected chi connectivity index (χ3v) is 2.96. The molecule has 3 nitrogen and oxygen atoms in total. The van der Waals surface area contributed by atoms with Crippen molar-refractivity contribution in [1.82, 2.24) is 10.2 Å². The second-order valence-electron chi connectivity index (χ2n) is 4.47. The molecule has 0 unspecified atom stereocenters. The van der Waals surface area contributed by atoms with Gasteiger partial charge in [0.15, 0.2) is 0 Å². The van der Waals surface area contributed by atoms with E-state index in [9.17, 15) is 4.79 Å². The molecule has 1 aromatic rings. The summed E-state index contributed by atoms with van der Waals surface area (Å²) in [5.41, 5.74) is 1.08. The van der Waals surface area contributed by atoms with E-state index in [4.69, 9.17) is 11.8 Å². The quantitative estimate of drug-likeness (QED) is 0.794. The number of rotatable bonds is 5. The van der Waals surface area contributed by atoms with Crippen LogP contribution in [0, 0.1) is 5.92 Å². The van der Waals surface area contributed by atoms with Gasteiger partial charge < -0.3 is 5.32 Å². The molecule has 1 rings (SSSR count). The molecule has 0 saturated heterocycles. The molecule has 0 saturated carbocycles. The van der Waals surface area contributed by atoms with Gasteiger partial charge in [-0.25, -0.2) is 4.84 Å². The Bertz CT molecular complexity index is 354. The Morgan fingerprint density at radius 3 is 2.24 bits per heavy atom. The second-order valence-corrected chi connectivity index (χ2v) is 4.69. The molecular formula is C13H19ClN2O. The van der Waals surface area contributed by atoms with Gasteiger partial charge in [-0.2, -0.15) is 0 Å². The number of carbonyl (C=O) groups is 1. The first-order valence-electron chi connectivity index (χ1n) is 5.77. The first-order valence-corrected chi connectivity index (χ1v) is 6.15. The van der Waals surface area contributed by atoms with Crippen LogP contribution in [0.25, 0.3) is 0 Å². The van der Waals surface area contributed by atoms with Gasteiger partial charge in [0.05, 0.1) is 6.04 Å². The number of halogens is 1. The third kappa shape index (κ3) is 4.02. The van der Waals surface area contributed by atoms with Crippen molar-refractivity contribution in [3.05, 3.63) is 35.9 Å². The standard InChI is InChI=1S/C13H19ClN2O/c1-9(2)12(16-14)13(17)15-10(3)11-7-5-4-6-8-11/h4-10,12,16H,1-3H3,(H,15,17)/t10-,12+/m0/s1. The van der Waals surface area contributed by atoms with E-state index in [0.717, 1.165) is 5.56 Å². The van der Waals surface area contributed by atoms with Crippen LogP contribution in [-0.4, -0.2) is 11.9 Å². The molecule has 0 radical (unpaired) electrons. The molecule has 1 amide bonds. The molecule has 0 spiro atoms. The van der Waals surface area contributed by atoms with Crippen LogP contribution >= 0.6 is 11.8 Å². The van der Waals surface area contributed by atoms with Gasteiger partial charge in [0.2, 0.25) is 5.91 Å². The topological polar surface area (TPSA) is 41.1 Å². The first kappa shape index (κ1) is 14.0. The van der Waals surface area contributed by atoms with E-state index in [1.165, 1.54) is 0 Å². The highest BCUT2D eigenvalue weighted by Crippen LogP contribution is 2.12. The summed E-state index contributed by atoms with van der Waals surface area (Å²) < 4.78 is 0. The highest BCUT2D eigenvalue weighted by atomic mass is 35.5. The van der Waals surface area contributed by atoms with Crippen LogP contribution in [0.4, 0.5) is 0 Å². The normalized spacial score (nSPS) is 14.4. The number of carbonyl (C=O) groups excluding carboxylic acids is 1. The van der Waals surface area contributed by atoms with Crippen LogP contribution in [0.5, 0.6) is 0 Å². The maximum absolute atomic E-state index is 11.9. The molecular weight excluding hydrogens is 236 g/mol. The molecule has 2 atom stereocenters. The van der Waals surface area contributed by atoms with Gasteiger partial charge in [0.25, 0.3) is 0 Å². The van der Waals surface area contributed by atoms with E-state index < -0.39 is 0 Å². The minimum absolute atomic E-state index is 0.0185. The highest BCUT2D eigenvalue weighted by molar-refractivity contribution is 6.15. The smallest absolute Gasteiger partial charge is 0.239 e. The molecule has 0 aromatic heterocycles. The monoisotopic (exact) mass is 254 g/mol. The van der Waals surface area contributed by atoms with Crippen molar-refractivity contribution >= 4 is 17.7 Å².